The van der Waals surface area contributed by atoms with Gasteiger partial charge in [0.2, 0.25) is 11.8 Å². The van der Waals surface area contributed by atoms with Crippen LogP contribution in [0.3, 0.4) is 0 Å². The molecule has 4 aromatic rings. The summed E-state index contributed by atoms with van der Waals surface area (Å²) in [6, 6.07) is 18.1. The fourth-order valence-electron chi connectivity index (χ4n) is 5.32. The zero-order valence-corrected chi connectivity index (χ0v) is 22.5. The van der Waals surface area contributed by atoms with Crippen LogP contribution in [0.15, 0.2) is 73.1 Å². The lowest BCUT2D eigenvalue weighted by molar-refractivity contribution is -0.130. The number of benzene rings is 1. The van der Waals surface area contributed by atoms with Crippen molar-refractivity contribution in [3.8, 4) is 17.1 Å². The average molecular weight is 544 g/mol. The van der Waals surface area contributed by atoms with Crippen LogP contribution in [0.25, 0.3) is 17.1 Å². The molecule has 3 atom stereocenters. The fourth-order valence-corrected chi connectivity index (χ4v) is 5.42. The zero-order valence-electron chi connectivity index (χ0n) is 21.8. The number of nitrogens with one attached hydrogen (secondary N) is 1. The minimum absolute atomic E-state index is 0.106. The van der Waals surface area contributed by atoms with Crippen LogP contribution in [0, 0.1) is 11.3 Å². The van der Waals surface area contributed by atoms with E-state index in [1.807, 2.05) is 42.5 Å². The first kappa shape index (κ1) is 26.5. The molecule has 0 bridgehead atoms. The Morgan fingerprint density at radius 3 is 2.56 bits per heavy atom. The van der Waals surface area contributed by atoms with E-state index in [0.717, 1.165) is 28.9 Å². The number of hydrogen-bond acceptors (Lipinski definition) is 6. The predicted molar refractivity (Wildman–Crippen MR) is 148 cm³/mol. The van der Waals surface area contributed by atoms with E-state index < -0.39 is 11.9 Å². The average Bonchev–Trinajstić information content (AvgIpc) is 3.36. The first-order valence-corrected chi connectivity index (χ1v) is 13.2. The van der Waals surface area contributed by atoms with E-state index in [1.54, 1.807) is 29.2 Å². The summed E-state index contributed by atoms with van der Waals surface area (Å²) in [5.74, 6) is 0.0520. The molecule has 200 valence electrons. The monoisotopic (exact) mass is 543 g/mol. The van der Waals surface area contributed by atoms with Crippen molar-refractivity contribution >= 4 is 23.4 Å². The number of nitrogens with two attached hydrogens (primary N) is 1. The van der Waals surface area contributed by atoms with Crippen LogP contribution >= 0.6 is 11.6 Å². The van der Waals surface area contributed by atoms with Gasteiger partial charge in [0, 0.05) is 36.7 Å². The number of nitrogens with zero attached hydrogens (tertiary/aromatic N) is 5. The van der Waals surface area contributed by atoms with E-state index in [1.165, 1.54) is 0 Å². The molecule has 3 heterocycles. The highest BCUT2D eigenvalue weighted by atomic mass is 35.5. The van der Waals surface area contributed by atoms with Crippen molar-refractivity contribution < 1.29 is 9.59 Å². The molecular weight excluding hydrogens is 514 g/mol. The Balaban J connectivity index is 1.34. The normalized spacial score (nSPS) is 18.6. The van der Waals surface area contributed by atoms with Crippen molar-refractivity contribution in [2.75, 3.05) is 0 Å². The molecule has 3 N–H and O–H groups in total. The standard InChI is InChI=1S/C29H30ClN7O2/c1-29(2)20(15-27(38)33-23(28(31)39)13-18-7-4-3-5-8-18)14-21(29)24-16-22(19-9-6-12-32-17-19)36-37(24)26-11-10-25(30)34-35-26/h3-12,16-17,20-21,23H,13-15H2,1-2H3,(H2,31,39)(H,33,38)/t20-,21?,23+/m1/s1. The topological polar surface area (TPSA) is 129 Å². The lowest BCUT2D eigenvalue weighted by Gasteiger charge is -2.52. The van der Waals surface area contributed by atoms with Gasteiger partial charge < -0.3 is 11.1 Å². The van der Waals surface area contributed by atoms with Gasteiger partial charge in [-0.15, -0.1) is 10.2 Å². The maximum atomic E-state index is 13.0. The first-order chi connectivity index (χ1) is 18.7. The molecule has 0 spiro atoms. The van der Waals surface area contributed by atoms with Gasteiger partial charge in [-0.1, -0.05) is 55.8 Å². The van der Waals surface area contributed by atoms with Crippen LogP contribution in [-0.4, -0.2) is 42.8 Å². The van der Waals surface area contributed by atoms with Gasteiger partial charge >= 0.3 is 0 Å². The third-order valence-corrected chi connectivity index (χ3v) is 7.95. The third-order valence-electron chi connectivity index (χ3n) is 7.75. The lowest BCUT2D eigenvalue weighted by Crippen LogP contribution is -2.49. The second kappa shape index (κ2) is 10.9. The number of carbonyl (C=O) groups is 2. The minimum Gasteiger partial charge on any atom is -0.368 e. The smallest absolute Gasteiger partial charge is 0.240 e. The van der Waals surface area contributed by atoms with Gasteiger partial charge in [-0.05, 0) is 53.6 Å². The largest absolute Gasteiger partial charge is 0.368 e. The molecule has 1 unspecified atom stereocenters. The number of hydrogen-bond donors (Lipinski definition) is 2. The molecule has 0 saturated heterocycles. The maximum Gasteiger partial charge on any atom is 0.240 e. The predicted octanol–water partition coefficient (Wildman–Crippen LogP) is 4.11. The summed E-state index contributed by atoms with van der Waals surface area (Å²) in [5.41, 5.74) is 8.97. The lowest BCUT2D eigenvalue weighted by atomic mass is 9.52. The molecule has 1 fully saturated rings. The fraction of sp³-hybridized carbons (Fsp3) is 0.310. The van der Waals surface area contributed by atoms with Gasteiger partial charge in [0.1, 0.15) is 6.04 Å². The maximum absolute atomic E-state index is 13.0. The molecule has 39 heavy (non-hydrogen) atoms. The Hall–Kier alpha value is -4.11. The molecule has 2 amide bonds. The van der Waals surface area contributed by atoms with E-state index in [4.69, 9.17) is 22.4 Å². The Morgan fingerprint density at radius 2 is 1.92 bits per heavy atom. The molecule has 1 aliphatic carbocycles. The van der Waals surface area contributed by atoms with Crippen LogP contribution in [0.4, 0.5) is 0 Å². The van der Waals surface area contributed by atoms with Gasteiger partial charge in [0.15, 0.2) is 11.0 Å². The van der Waals surface area contributed by atoms with Crippen molar-refractivity contribution in [3.05, 3.63) is 89.5 Å². The van der Waals surface area contributed by atoms with Crippen molar-refractivity contribution in [1.82, 2.24) is 30.3 Å². The number of halogens is 1. The number of pyridine rings is 1. The number of carbonyl (C=O) groups excluding carboxylic acids is 2. The highest BCUT2D eigenvalue weighted by Gasteiger charge is 2.50. The highest BCUT2D eigenvalue weighted by Crippen LogP contribution is 2.58. The molecule has 3 aromatic heterocycles. The summed E-state index contributed by atoms with van der Waals surface area (Å²) >= 11 is 5.98. The number of amides is 2. The molecular formula is C29H30ClN7O2. The summed E-state index contributed by atoms with van der Waals surface area (Å²) in [6.07, 6.45) is 4.93. The molecule has 9 nitrogen and oxygen atoms in total. The van der Waals surface area contributed by atoms with Crippen molar-refractivity contribution in [2.24, 2.45) is 17.1 Å². The Bertz CT molecular complexity index is 1460. The second-order valence-corrected chi connectivity index (χ2v) is 10.9. The van der Waals surface area contributed by atoms with Crippen LogP contribution < -0.4 is 11.1 Å². The van der Waals surface area contributed by atoms with E-state index >= 15 is 0 Å². The number of primary amides is 1. The number of aromatic nitrogens is 5. The summed E-state index contributed by atoms with van der Waals surface area (Å²) in [6.45, 7) is 4.31. The summed E-state index contributed by atoms with van der Waals surface area (Å²) in [5, 5.41) is 16.2. The summed E-state index contributed by atoms with van der Waals surface area (Å²) in [7, 11) is 0. The molecule has 0 aliphatic heterocycles. The second-order valence-electron chi connectivity index (χ2n) is 10.5. The summed E-state index contributed by atoms with van der Waals surface area (Å²) in [4.78, 5) is 29.3. The van der Waals surface area contributed by atoms with E-state index in [9.17, 15) is 9.59 Å². The van der Waals surface area contributed by atoms with E-state index in [2.05, 4.69) is 40.4 Å². The van der Waals surface area contributed by atoms with Gasteiger partial charge in [0.25, 0.3) is 0 Å². The van der Waals surface area contributed by atoms with Gasteiger partial charge in [0.05, 0.1) is 11.4 Å². The molecule has 10 heteroatoms. The Morgan fingerprint density at radius 1 is 1.13 bits per heavy atom. The van der Waals surface area contributed by atoms with E-state index in [0.29, 0.717) is 23.8 Å². The third kappa shape index (κ3) is 5.68. The van der Waals surface area contributed by atoms with Crippen molar-refractivity contribution in [3.63, 3.8) is 0 Å². The molecule has 1 aromatic carbocycles. The van der Waals surface area contributed by atoms with Gasteiger partial charge in [-0.3, -0.25) is 14.6 Å². The van der Waals surface area contributed by atoms with Crippen molar-refractivity contribution in [1.29, 1.82) is 0 Å². The first-order valence-electron chi connectivity index (χ1n) is 12.8. The van der Waals surface area contributed by atoms with Crippen LogP contribution in [0.2, 0.25) is 5.15 Å². The highest BCUT2D eigenvalue weighted by molar-refractivity contribution is 6.29. The van der Waals surface area contributed by atoms with Crippen LogP contribution in [0.1, 0.15) is 43.9 Å². The quantitative estimate of drug-likeness (QED) is 0.327. The van der Waals surface area contributed by atoms with Gasteiger partial charge in [-0.25, -0.2) is 4.68 Å². The number of rotatable bonds is 9. The SMILES string of the molecule is CC1(C)C(c2cc(-c3cccnc3)nn2-c2ccc(Cl)nn2)C[C@@H]1CC(=O)N[C@@H](Cc1ccccc1)C(N)=O. The molecule has 5 rings (SSSR count). The molecule has 1 aliphatic rings. The minimum atomic E-state index is -0.758. The van der Waals surface area contributed by atoms with E-state index in [-0.39, 0.29) is 23.2 Å². The van der Waals surface area contributed by atoms with Crippen LogP contribution in [-0.2, 0) is 16.0 Å². The molecule has 0 radical (unpaired) electrons. The Kier molecular flexibility index (Phi) is 7.43. The van der Waals surface area contributed by atoms with Gasteiger partial charge in [-0.2, -0.15) is 5.10 Å². The van der Waals surface area contributed by atoms with Crippen LogP contribution in [0.5, 0.6) is 0 Å². The summed E-state index contributed by atoms with van der Waals surface area (Å²) < 4.78 is 1.80. The molecule has 1 saturated carbocycles. The zero-order chi connectivity index (χ0) is 27.6. The van der Waals surface area contributed by atoms with Crippen molar-refractivity contribution in [2.45, 2.75) is 45.1 Å². The Labute approximate surface area is 231 Å².